The Bertz CT molecular complexity index is 475. The van der Waals surface area contributed by atoms with Crippen LogP contribution in [-0.2, 0) is 11.2 Å². The average molecular weight is 244 g/mol. The van der Waals surface area contributed by atoms with Crippen LogP contribution in [0.25, 0.3) is 0 Å². The van der Waals surface area contributed by atoms with Crippen molar-refractivity contribution in [1.29, 1.82) is 5.26 Å². The number of para-hydroxylation sites is 1. The van der Waals surface area contributed by atoms with Crippen LogP contribution >= 0.6 is 0 Å². The molecule has 0 heterocycles. The van der Waals surface area contributed by atoms with Crippen molar-refractivity contribution in [3.8, 4) is 11.8 Å². The molecule has 1 aliphatic rings. The van der Waals surface area contributed by atoms with Gasteiger partial charge >= 0.3 is 0 Å². The van der Waals surface area contributed by atoms with E-state index in [1.165, 1.54) is 0 Å². The highest BCUT2D eigenvalue weighted by Crippen LogP contribution is 2.23. The molecule has 4 nitrogen and oxygen atoms in total. The minimum atomic E-state index is -0.651. The second-order valence-corrected chi connectivity index (χ2v) is 4.48. The third-order valence-electron chi connectivity index (χ3n) is 3.01. The largest absolute Gasteiger partial charge is 0.496 e. The average Bonchev–Trinajstić information content (AvgIpc) is 3.20. The summed E-state index contributed by atoms with van der Waals surface area (Å²) in [7, 11) is 1.59. The third-order valence-corrected chi connectivity index (χ3v) is 3.01. The number of methoxy groups -OCH3 is 1. The molecule has 0 radical (unpaired) electrons. The van der Waals surface area contributed by atoms with Gasteiger partial charge in [0.15, 0.2) is 0 Å². The Labute approximate surface area is 107 Å². The molecule has 4 heteroatoms. The molecule has 1 amide bonds. The van der Waals surface area contributed by atoms with Gasteiger partial charge in [-0.3, -0.25) is 4.79 Å². The van der Waals surface area contributed by atoms with Crippen LogP contribution in [0.2, 0.25) is 0 Å². The van der Waals surface area contributed by atoms with E-state index in [9.17, 15) is 4.79 Å². The Morgan fingerprint density at radius 3 is 2.89 bits per heavy atom. The second kappa shape index (κ2) is 5.54. The molecule has 1 aromatic rings. The first-order chi connectivity index (χ1) is 8.74. The number of nitriles is 1. The molecule has 0 aliphatic heterocycles. The molecule has 1 aliphatic carbocycles. The van der Waals surface area contributed by atoms with Crippen molar-refractivity contribution in [1.82, 2.24) is 5.32 Å². The van der Waals surface area contributed by atoms with Gasteiger partial charge in [-0.1, -0.05) is 18.2 Å². The van der Waals surface area contributed by atoms with Crippen LogP contribution in [0.3, 0.4) is 0 Å². The smallest absolute Gasteiger partial charge is 0.237 e. The summed E-state index contributed by atoms with van der Waals surface area (Å²) in [6, 6.07) is 9.82. The van der Waals surface area contributed by atoms with Crippen LogP contribution in [0.1, 0.15) is 18.4 Å². The van der Waals surface area contributed by atoms with Crippen molar-refractivity contribution in [2.45, 2.75) is 25.3 Å². The number of rotatable bonds is 5. The normalized spacial score (nSPS) is 15.6. The fraction of sp³-hybridized carbons (Fsp3) is 0.429. The van der Waals surface area contributed by atoms with E-state index in [2.05, 4.69) is 11.4 Å². The zero-order valence-corrected chi connectivity index (χ0v) is 10.3. The fourth-order valence-corrected chi connectivity index (χ4v) is 1.82. The Balaban J connectivity index is 2.05. The van der Waals surface area contributed by atoms with E-state index in [0.717, 1.165) is 24.2 Å². The van der Waals surface area contributed by atoms with E-state index in [4.69, 9.17) is 10.00 Å². The van der Waals surface area contributed by atoms with E-state index in [1.54, 1.807) is 7.11 Å². The molecule has 0 aromatic heterocycles. The van der Waals surface area contributed by atoms with Gasteiger partial charge < -0.3 is 10.1 Å². The molecular weight excluding hydrogens is 228 g/mol. The SMILES string of the molecule is COc1ccccc1CC(C#N)C(=O)NC1CC1. The minimum absolute atomic E-state index is 0.175. The highest BCUT2D eigenvalue weighted by atomic mass is 16.5. The zero-order chi connectivity index (χ0) is 13.0. The van der Waals surface area contributed by atoms with Gasteiger partial charge in [0.05, 0.1) is 13.2 Å². The van der Waals surface area contributed by atoms with Gasteiger partial charge in [-0.2, -0.15) is 5.26 Å². The van der Waals surface area contributed by atoms with E-state index in [-0.39, 0.29) is 11.9 Å². The Morgan fingerprint density at radius 1 is 1.56 bits per heavy atom. The standard InChI is InChI=1S/C14H16N2O2/c1-18-13-5-3-2-4-10(13)8-11(9-15)14(17)16-12-6-7-12/h2-5,11-12H,6-8H2,1H3,(H,16,17). The number of hydrogen-bond donors (Lipinski definition) is 1. The third kappa shape index (κ3) is 3.01. The number of ether oxygens (including phenoxy) is 1. The second-order valence-electron chi connectivity index (χ2n) is 4.48. The van der Waals surface area contributed by atoms with Gasteiger partial charge in [0.1, 0.15) is 11.7 Å². The van der Waals surface area contributed by atoms with Crippen LogP contribution in [0.15, 0.2) is 24.3 Å². The maximum Gasteiger partial charge on any atom is 0.237 e. The van der Waals surface area contributed by atoms with E-state index in [1.807, 2.05) is 24.3 Å². The molecule has 94 valence electrons. The van der Waals surface area contributed by atoms with Gasteiger partial charge in [-0.15, -0.1) is 0 Å². The maximum atomic E-state index is 11.9. The first-order valence-corrected chi connectivity index (χ1v) is 6.06. The predicted molar refractivity (Wildman–Crippen MR) is 67.0 cm³/mol. The Kier molecular flexibility index (Phi) is 3.83. The van der Waals surface area contributed by atoms with E-state index >= 15 is 0 Å². The molecule has 1 atom stereocenters. The molecule has 2 rings (SSSR count). The van der Waals surface area contributed by atoms with Gasteiger partial charge in [0.2, 0.25) is 5.91 Å². The number of hydrogen-bond acceptors (Lipinski definition) is 3. The number of nitrogens with one attached hydrogen (secondary N) is 1. The molecule has 1 saturated carbocycles. The van der Waals surface area contributed by atoms with Crippen molar-refractivity contribution in [2.24, 2.45) is 5.92 Å². The topological polar surface area (TPSA) is 62.1 Å². The first kappa shape index (κ1) is 12.4. The van der Waals surface area contributed by atoms with Crippen LogP contribution in [-0.4, -0.2) is 19.1 Å². The molecule has 0 saturated heterocycles. The molecule has 1 unspecified atom stereocenters. The van der Waals surface area contributed by atoms with Crippen molar-refractivity contribution < 1.29 is 9.53 Å². The lowest BCUT2D eigenvalue weighted by atomic mass is 9.99. The molecular formula is C14H16N2O2. The predicted octanol–water partition coefficient (Wildman–Crippen LogP) is 1.66. The van der Waals surface area contributed by atoms with Crippen molar-refractivity contribution in [3.63, 3.8) is 0 Å². The van der Waals surface area contributed by atoms with E-state index < -0.39 is 5.92 Å². The van der Waals surface area contributed by atoms with E-state index in [0.29, 0.717) is 6.42 Å². The van der Waals surface area contributed by atoms with Gasteiger partial charge in [-0.25, -0.2) is 0 Å². The number of carbonyl (C=O) groups excluding carboxylic acids is 1. The van der Waals surface area contributed by atoms with Gasteiger partial charge in [-0.05, 0) is 24.5 Å². The summed E-state index contributed by atoms with van der Waals surface area (Å²) >= 11 is 0. The van der Waals surface area contributed by atoms with Gasteiger partial charge in [0, 0.05) is 12.5 Å². The summed E-state index contributed by atoms with van der Waals surface area (Å²) in [6.45, 7) is 0. The summed E-state index contributed by atoms with van der Waals surface area (Å²) in [5.74, 6) is -0.107. The first-order valence-electron chi connectivity index (χ1n) is 6.06. The Morgan fingerprint density at radius 2 is 2.28 bits per heavy atom. The van der Waals surface area contributed by atoms with Crippen molar-refractivity contribution in [2.75, 3.05) is 7.11 Å². The lowest BCUT2D eigenvalue weighted by Crippen LogP contribution is -2.32. The summed E-state index contributed by atoms with van der Waals surface area (Å²) < 4.78 is 5.22. The number of carbonyl (C=O) groups is 1. The quantitative estimate of drug-likeness (QED) is 0.856. The zero-order valence-electron chi connectivity index (χ0n) is 10.3. The lowest BCUT2D eigenvalue weighted by Gasteiger charge is -2.12. The molecule has 0 spiro atoms. The summed E-state index contributed by atoms with van der Waals surface area (Å²) in [5, 5.41) is 12.0. The Hall–Kier alpha value is -2.02. The monoisotopic (exact) mass is 244 g/mol. The summed E-state index contributed by atoms with van der Waals surface area (Å²) in [4.78, 5) is 11.9. The minimum Gasteiger partial charge on any atom is -0.496 e. The van der Waals surface area contributed by atoms with Crippen LogP contribution in [0.4, 0.5) is 0 Å². The number of amides is 1. The molecule has 18 heavy (non-hydrogen) atoms. The van der Waals surface area contributed by atoms with Crippen molar-refractivity contribution in [3.05, 3.63) is 29.8 Å². The highest BCUT2D eigenvalue weighted by Gasteiger charge is 2.27. The van der Waals surface area contributed by atoms with Crippen LogP contribution < -0.4 is 10.1 Å². The van der Waals surface area contributed by atoms with Crippen molar-refractivity contribution >= 4 is 5.91 Å². The molecule has 1 aromatic carbocycles. The highest BCUT2D eigenvalue weighted by molar-refractivity contribution is 5.82. The van der Waals surface area contributed by atoms with Crippen LogP contribution in [0.5, 0.6) is 5.75 Å². The lowest BCUT2D eigenvalue weighted by molar-refractivity contribution is -0.123. The molecule has 1 N–H and O–H groups in total. The molecule has 0 bridgehead atoms. The fourth-order valence-electron chi connectivity index (χ4n) is 1.82. The number of nitrogens with zero attached hydrogens (tertiary/aromatic N) is 1. The summed E-state index contributed by atoms with van der Waals surface area (Å²) in [5.41, 5.74) is 0.887. The maximum absolute atomic E-state index is 11.9. The van der Waals surface area contributed by atoms with Gasteiger partial charge in [0.25, 0.3) is 0 Å². The molecule has 1 fully saturated rings. The summed E-state index contributed by atoms with van der Waals surface area (Å²) in [6.07, 6.45) is 2.44. The van der Waals surface area contributed by atoms with Crippen LogP contribution in [0, 0.1) is 17.2 Å². The number of benzene rings is 1.